The zero-order valence-electron chi connectivity index (χ0n) is 34.5. The first-order valence-corrected chi connectivity index (χ1v) is 23.6. The maximum absolute atomic E-state index is 15.5. The van der Waals surface area contributed by atoms with Gasteiger partial charge in [0.2, 0.25) is 15.9 Å². The van der Waals surface area contributed by atoms with E-state index in [1.54, 1.807) is 0 Å². The molecule has 4 aromatic rings. The van der Waals surface area contributed by atoms with Gasteiger partial charge in [-0.1, -0.05) is 42.0 Å². The van der Waals surface area contributed by atoms with Crippen molar-refractivity contribution < 1.29 is 56.8 Å². The van der Waals surface area contributed by atoms with Crippen LogP contribution in [-0.2, 0) is 37.6 Å². The predicted molar refractivity (Wildman–Crippen MR) is 229 cm³/mol. The first-order chi connectivity index (χ1) is 30.2. The summed E-state index contributed by atoms with van der Waals surface area (Å²) in [5.41, 5.74) is 2.26. The second-order valence-corrected chi connectivity index (χ2v) is 21.5. The Morgan fingerprint density at radius 1 is 1.06 bits per heavy atom. The van der Waals surface area contributed by atoms with E-state index in [4.69, 9.17) is 22.3 Å². The lowest BCUT2D eigenvalue weighted by Crippen LogP contribution is -2.35. The first-order valence-electron chi connectivity index (χ1n) is 19.7. The van der Waals surface area contributed by atoms with Crippen LogP contribution in [0, 0.1) is 23.5 Å². The van der Waals surface area contributed by atoms with Crippen molar-refractivity contribution in [3.8, 4) is 11.1 Å². The fourth-order valence-corrected chi connectivity index (χ4v) is 9.59. The Bertz CT molecular complexity index is 2930. The number of pyridine rings is 1. The summed E-state index contributed by atoms with van der Waals surface area (Å²) in [7, 11) is -7.75. The number of nitrogens with two attached hydrogens (primary N) is 1. The molecule has 7 rings (SSSR count). The van der Waals surface area contributed by atoms with Crippen LogP contribution in [-0.4, -0.2) is 84.8 Å². The number of halogens is 9. The number of amides is 1. The largest absolute Gasteiger partial charge is 0.397 e. The molecule has 2 aromatic heterocycles. The SMILES string of the molecule is C=C1C2C(=C(N)C(F)F)C(=NCC(=O)N[C@@H](Cc3cc(F)cc(F)c3)c3nc(C=CC(C)(C)S(C)(=O)=O)ccc3-c3ccc(Cl)c4c(NS(=O)(=O)C5CC5)nn(CC(F)F)c34)C(F)(F)[C@H]12. The summed E-state index contributed by atoms with van der Waals surface area (Å²) in [6.45, 7) is 4.14. The van der Waals surface area contributed by atoms with Crippen LogP contribution in [0.15, 0.2) is 77.0 Å². The zero-order chi connectivity index (χ0) is 47.7. The van der Waals surface area contributed by atoms with E-state index in [1.807, 2.05) is 0 Å². The molecule has 2 heterocycles. The fourth-order valence-electron chi connectivity index (χ4n) is 7.69. The van der Waals surface area contributed by atoms with E-state index in [0.29, 0.717) is 18.9 Å². The maximum atomic E-state index is 15.5. The van der Waals surface area contributed by atoms with E-state index in [1.165, 1.54) is 50.3 Å². The molecule has 1 amide bonds. The van der Waals surface area contributed by atoms with Crippen LogP contribution in [0.4, 0.5) is 40.9 Å². The summed E-state index contributed by atoms with van der Waals surface area (Å²) in [4.78, 5) is 22.4. The van der Waals surface area contributed by atoms with Crippen molar-refractivity contribution in [2.75, 3.05) is 17.5 Å². The molecule has 0 saturated heterocycles. The molecule has 0 aliphatic heterocycles. The van der Waals surface area contributed by atoms with E-state index in [0.717, 1.165) is 23.1 Å². The Morgan fingerprint density at radius 2 is 1.71 bits per heavy atom. The van der Waals surface area contributed by atoms with E-state index >= 15 is 8.78 Å². The number of allylic oxidation sites excluding steroid dienone is 3. The number of aliphatic imine (C=N–C) groups is 1. The molecule has 65 heavy (non-hydrogen) atoms. The molecule has 0 radical (unpaired) electrons. The molecular weight excluding hydrogens is 934 g/mol. The van der Waals surface area contributed by atoms with Crippen molar-refractivity contribution in [2.45, 2.75) is 74.5 Å². The van der Waals surface area contributed by atoms with Gasteiger partial charge in [-0.2, -0.15) is 13.9 Å². The highest BCUT2D eigenvalue weighted by atomic mass is 35.5. The van der Waals surface area contributed by atoms with Crippen LogP contribution < -0.4 is 15.8 Å². The molecule has 2 aromatic carbocycles. The van der Waals surface area contributed by atoms with Gasteiger partial charge < -0.3 is 11.1 Å². The van der Waals surface area contributed by atoms with E-state index in [-0.39, 0.29) is 55.4 Å². The topological polar surface area (TPSA) is 178 Å². The van der Waals surface area contributed by atoms with Crippen molar-refractivity contribution in [1.29, 1.82) is 0 Å². The highest BCUT2D eigenvalue weighted by molar-refractivity contribution is 7.93. The number of carbonyl (C=O) groups excluding carboxylic acids is 1. The van der Waals surface area contributed by atoms with Gasteiger partial charge in [0.25, 0.3) is 18.8 Å². The van der Waals surface area contributed by atoms with Gasteiger partial charge in [0, 0.05) is 34.9 Å². The quantitative estimate of drug-likeness (QED) is 0.0752. The van der Waals surface area contributed by atoms with Crippen LogP contribution in [0.5, 0.6) is 0 Å². The highest BCUT2D eigenvalue weighted by Gasteiger charge is 2.70. The molecule has 3 atom stereocenters. The molecule has 3 aliphatic carbocycles. The lowest BCUT2D eigenvalue weighted by molar-refractivity contribution is -0.120. The number of nitrogens with one attached hydrogen (secondary N) is 2. The molecule has 3 fully saturated rings. The Labute approximate surface area is 372 Å². The lowest BCUT2D eigenvalue weighted by Gasteiger charge is -2.23. The smallest absolute Gasteiger partial charge is 0.296 e. The lowest BCUT2D eigenvalue weighted by atomic mass is 9.93. The Kier molecular flexibility index (Phi) is 12.6. The molecule has 3 saturated carbocycles. The number of hydrogen-bond acceptors (Lipinski definition) is 9. The normalized spacial score (nSPS) is 20.6. The molecule has 23 heteroatoms. The minimum absolute atomic E-state index is 0.0162. The van der Waals surface area contributed by atoms with Crippen molar-refractivity contribution in [2.24, 2.45) is 22.6 Å². The highest BCUT2D eigenvalue weighted by Crippen LogP contribution is 2.65. The average molecular weight is 974 g/mol. The van der Waals surface area contributed by atoms with Crippen LogP contribution >= 0.6 is 11.6 Å². The average Bonchev–Trinajstić information content (AvgIpc) is 4.11. The van der Waals surface area contributed by atoms with Crippen LogP contribution in [0.1, 0.15) is 49.7 Å². The number of benzene rings is 2. The van der Waals surface area contributed by atoms with Crippen molar-refractivity contribution in [3.63, 3.8) is 0 Å². The number of nitrogens with zero attached hydrogens (tertiary/aromatic N) is 4. The Morgan fingerprint density at radius 3 is 2.31 bits per heavy atom. The summed E-state index contributed by atoms with van der Waals surface area (Å²) >= 11 is 6.62. The predicted octanol–water partition coefficient (Wildman–Crippen LogP) is 7.81. The number of carbonyl (C=O) groups is 1. The van der Waals surface area contributed by atoms with Crippen molar-refractivity contribution in [1.82, 2.24) is 20.1 Å². The summed E-state index contributed by atoms with van der Waals surface area (Å²) < 4.78 is 170. The number of aromatic nitrogens is 3. The molecule has 1 unspecified atom stereocenters. The van der Waals surface area contributed by atoms with Gasteiger partial charge in [-0.05, 0) is 69.0 Å². The Hall–Kier alpha value is -5.35. The fraction of sp³-hybridized carbons (Fsp3) is 0.381. The third-order valence-electron chi connectivity index (χ3n) is 11.5. The number of alkyl halides is 6. The minimum atomic E-state index is -4.04. The maximum Gasteiger partial charge on any atom is 0.296 e. The summed E-state index contributed by atoms with van der Waals surface area (Å²) in [6.07, 6.45) is -2.56. The number of hydrogen-bond donors (Lipinski definition) is 3. The van der Waals surface area contributed by atoms with Gasteiger partial charge in [0.15, 0.2) is 15.7 Å². The molecule has 4 N–H and O–H groups in total. The summed E-state index contributed by atoms with van der Waals surface area (Å²) in [5.74, 6) is -10.2. The summed E-state index contributed by atoms with van der Waals surface area (Å²) in [6, 6.07) is 6.40. The number of sulfonamides is 1. The van der Waals surface area contributed by atoms with Crippen molar-refractivity contribution >= 4 is 65.9 Å². The van der Waals surface area contributed by atoms with Gasteiger partial charge in [-0.3, -0.25) is 24.2 Å². The third-order valence-corrected chi connectivity index (χ3v) is 15.6. The number of fused-ring (bicyclic) bond motifs is 2. The monoisotopic (exact) mass is 973 g/mol. The summed E-state index contributed by atoms with van der Waals surface area (Å²) in [5, 5.41) is 5.77. The van der Waals surface area contributed by atoms with Crippen molar-refractivity contribution in [3.05, 3.63) is 106 Å². The van der Waals surface area contributed by atoms with Gasteiger partial charge in [-0.15, -0.1) is 0 Å². The minimum Gasteiger partial charge on any atom is -0.397 e. The van der Waals surface area contributed by atoms with Gasteiger partial charge >= 0.3 is 0 Å². The third kappa shape index (κ3) is 9.51. The standard InChI is InChI=1S/C42H40ClF8N7O5S2/c1-19-31-33(35(52)39(48)49)38(42(50,51)34(19)31)53-17-30(59)55-28(15-20-13-21(44)16-22(45)14-20)36-25(8-5-23(54-36)11-12-41(2,3)64(4,60)61)26-9-10-27(43)32-37(26)58(18-29(46)47)56-40(32)57-65(62,63)24-6-7-24/h5,8-14,16,24,28-29,31,34,39H,1,6-7,15,17-18,52H2,2-4H3,(H,55,59)(H,56,57)/t28-,31?,34+/m0/s1. The molecular formula is C42H40ClF8N7O5S2. The number of sulfone groups is 1. The van der Waals surface area contributed by atoms with E-state index in [2.05, 4.69) is 26.7 Å². The second-order valence-electron chi connectivity index (χ2n) is 16.6. The molecule has 0 bridgehead atoms. The molecule has 12 nitrogen and oxygen atoms in total. The molecule has 348 valence electrons. The van der Waals surface area contributed by atoms with Gasteiger partial charge in [0.05, 0.1) is 55.0 Å². The van der Waals surface area contributed by atoms with Crippen LogP contribution in [0.2, 0.25) is 5.02 Å². The van der Waals surface area contributed by atoms with E-state index < -0.39 is 121 Å². The number of rotatable bonds is 16. The van der Waals surface area contributed by atoms with Crippen LogP contribution in [0.25, 0.3) is 28.1 Å². The van der Waals surface area contributed by atoms with E-state index in [9.17, 15) is 48.0 Å². The van der Waals surface area contributed by atoms with Crippen LogP contribution in [0.3, 0.4) is 0 Å². The van der Waals surface area contributed by atoms with Gasteiger partial charge in [0.1, 0.15) is 30.4 Å². The molecule has 3 aliphatic rings. The number of anilines is 1. The molecule has 0 spiro atoms. The Balaban J connectivity index is 1.41. The van der Waals surface area contributed by atoms with Gasteiger partial charge in [-0.25, -0.2) is 43.2 Å². The second kappa shape index (κ2) is 17.1. The first kappa shape index (κ1) is 47.6. The zero-order valence-corrected chi connectivity index (χ0v) is 36.9.